The Labute approximate surface area is 303 Å². The number of carbonyl (C=O) groups excluding carboxylic acids is 7. The maximum absolute atomic E-state index is 13.4. The van der Waals surface area contributed by atoms with Gasteiger partial charge in [-0.3, -0.25) is 39.0 Å². The molecule has 2 aromatic rings. The van der Waals surface area contributed by atoms with Crippen molar-refractivity contribution in [2.45, 2.75) is 51.8 Å². The van der Waals surface area contributed by atoms with Crippen molar-refractivity contribution in [2.75, 3.05) is 31.6 Å². The number of non-ortho nitro benzene ring substituents is 1. The second kappa shape index (κ2) is 20.5. The number of nitrogens with two attached hydrogens (primary N) is 1. The molecule has 1 aliphatic heterocycles. The minimum atomic E-state index is -1.08. The first-order valence-corrected chi connectivity index (χ1v) is 16.5. The van der Waals surface area contributed by atoms with Gasteiger partial charge < -0.3 is 41.2 Å². The molecule has 0 spiro atoms. The number of primary amides is 1. The fraction of sp³-hybridized carbons (Fsp3) is 0.382. The molecule has 2 atom stereocenters. The number of hydrogen-bond acceptors (Lipinski definition) is 12. The van der Waals surface area contributed by atoms with Gasteiger partial charge in [0.15, 0.2) is 0 Å². The number of carbonyl (C=O) groups is 7. The fourth-order valence-corrected chi connectivity index (χ4v) is 4.72. The molecule has 0 radical (unpaired) electrons. The van der Waals surface area contributed by atoms with E-state index in [1.54, 1.807) is 38.1 Å². The van der Waals surface area contributed by atoms with Crippen LogP contribution in [0.1, 0.15) is 38.7 Å². The van der Waals surface area contributed by atoms with Crippen molar-refractivity contribution >= 4 is 53.1 Å². The second-order valence-electron chi connectivity index (χ2n) is 11.9. The number of amides is 7. The molecule has 0 bridgehead atoms. The van der Waals surface area contributed by atoms with Gasteiger partial charge in [-0.2, -0.15) is 0 Å². The molecule has 2 aromatic carbocycles. The topological polar surface area (TPSA) is 268 Å². The van der Waals surface area contributed by atoms with Gasteiger partial charge in [0.05, 0.1) is 24.7 Å². The van der Waals surface area contributed by atoms with E-state index in [-0.39, 0.29) is 69.5 Å². The number of imide groups is 1. The van der Waals surface area contributed by atoms with Crippen molar-refractivity contribution in [3.8, 4) is 5.75 Å². The lowest BCUT2D eigenvalue weighted by atomic mass is 10.0. The van der Waals surface area contributed by atoms with Crippen molar-refractivity contribution in [2.24, 2.45) is 11.7 Å². The number of ether oxygens (including phenoxy) is 3. The average molecular weight is 740 g/mol. The van der Waals surface area contributed by atoms with Gasteiger partial charge >= 0.3 is 12.2 Å². The molecule has 0 fully saturated rings. The Hall–Kier alpha value is -6.37. The summed E-state index contributed by atoms with van der Waals surface area (Å²) in [6.07, 6.45) is 1.55. The highest BCUT2D eigenvalue weighted by molar-refractivity contribution is 6.12. The van der Waals surface area contributed by atoms with Gasteiger partial charge in [0.1, 0.15) is 24.4 Å². The van der Waals surface area contributed by atoms with E-state index in [0.29, 0.717) is 11.3 Å². The summed E-state index contributed by atoms with van der Waals surface area (Å²) < 4.78 is 15.5. The Kier molecular flexibility index (Phi) is 15.9. The molecule has 3 rings (SSSR count). The molecule has 1 aliphatic rings. The Balaban J connectivity index is 1.52. The summed E-state index contributed by atoms with van der Waals surface area (Å²) in [5, 5.41) is 21.2. The van der Waals surface area contributed by atoms with E-state index in [4.69, 9.17) is 19.9 Å². The lowest BCUT2D eigenvalue weighted by Gasteiger charge is -2.25. The summed E-state index contributed by atoms with van der Waals surface area (Å²) in [6, 6.07) is 8.27. The van der Waals surface area contributed by atoms with Crippen molar-refractivity contribution in [3.63, 3.8) is 0 Å². The molecule has 0 saturated carbocycles. The van der Waals surface area contributed by atoms with Crippen molar-refractivity contribution in [1.29, 1.82) is 0 Å². The molecule has 1 unspecified atom stereocenters. The van der Waals surface area contributed by atoms with Crippen LogP contribution < -0.4 is 31.7 Å². The number of nitro benzene ring substituents is 1. The number of nitrogens with one attached hydrogen (secondary N) is 4. The van der Waals surface area contributed by atoms with E-state index >= 15 is 0 Å². The van der Waals surface area contributed by atoms with Crippen LogP contribution in [0.25, 0.3) is 0 Å². The van der Waals surface area contributed by atoms with E-state index < -0.39 is 58.7 Å². The second-order valence-corrected chi connectivity index (χ2v) is 11.9. The van der Waals surface area contributed by atoms with E-state index in [9.17, 15) is 43.7 Å². The molecule has 6 N–H and O–H groups in total. The van der Waals surface area contributed by atoms with Gasteiger partial charge in [-0.15, -0.1) is 0 Å². The Morgan fingerprint density at radius 2 is 1.57 bits per heavy atom. The zero-order valence-electron chi connectivity index (χ0n) is 29.0. The fourth-order valence-electron chi connectivity index (χ4n) is 4.72. The number of anilines is 1. The number of benzene rings is 2. The van der Waals surface area contributed by atoms with Crippen LogP contribution in [-0.4, -0.2) is 89.9 Å². The molecule has 7 amide bonds. The molecule has 0 aromatic heterocycles. The van der Waals surface area contributed by atoms with Gasteiger partial charge in [-0.25, -0.2) is 9.59 Å². The van der Waals surface area contributed by atoms with Crippen LogP contribution in [0.3, 0.4) is 0 Å². The minimum absolute atomic E-state index is 0.0270. The lowest BCUT2D eigenvalue weighted by molar-refractivity contribution is -0.384. The zero-order chi connectivity index (χ0) is 38.9. The van der Waals surface area contributed by atoms with Crippen LogP contribution in [0, 0.1) is 16.0 Å². The predicted molar refractivity (Wildman–Crippen MR) is 186 cm³/mol. The largest absolute Gasteiger partial charge is 0.514 e. The third-order valence-electron chi connectivity index (χ3n) is 7.53. The van der Waals surface area contributed by atoms with Crippen LogP contribution in [-0.2, 0) is 40.1 Å². The molecule has 19 nitrogen and oxygen atoms in total. The summed E-state index contributed by atoms with van der Waals surface area (Å²) in [7, 11) is 0. The Bertz CT molecular complexity index is 1660. The molecule has 284 valence electrons. The third kappa shape index (κ3) is 14.0. The Morgan fingerprint density at radius 1 is 0.906 bits per heavy atom. The summed E-state index contributed by atoms with van der Waals surface area (Å²) >= 11 is 0. The number of urea groups is 1. The lowest BCUT2D eigenvalue weighted by Crippen LogP contribution is -2.54. The van der Waals surface area contributed by atoms with Crippen LogP contribution in [0.5, 0.6) is 5.75 Å². The quantitative estimate of drug-likeness (QED) is 0.0324. The standard InChI is InChI=1S/C34H41N7O12/c1-21(2)30(39-27(42)15-18-51-19-17-40-28(43)13-14-29(40)44)32(46)38-26(4-3-16-36-33(35)47)31(45)37-23-7-5-22(6-8-23)20-52-34(48)53-25-11-9-24(10-12-25)41(49)50/h5-14,21,26,30H,3-4,15-20H2,1-2H3,(H,37,45)(H,38,46)(H,39,42)(H3,35,36,47)/t26?,30-/m0/s1. The highest BCUT2D eigenvalue weighted by atomic mass is 16.7. The highest BCUT2D eigenvalue weighted by Crippen LogP contribution is 2.18. The molecule has 0 saturated heterocycles. The molecule has 1 heterocycles. The first-order chi connectivity index (χ1) is 25.2. The number of hydrogen-bond donors (Lipinski definition) is 5. The number of nitrogens with zero attached hydrogens (tertiary/aromatic N) is 2. The average Bonchev–Trinajstić information content (AvgIpc) is 3.43. The number of nitro groups is 1. The van der Waals surface area contributed by atoms with E-state index in [1.165, 1.54) is 24.3 Å². The smallest absolute Gasteiger partial charge is 0.429 e. The van der Waals surface area contributed by atoms with E-state index in [2.05, 4.69) is 21.3 Å². The molecule has 53 heavy (non-hydrogen) atoms. The minimum Gasteiger partial charge on any atom is -0.429 e. The zero-order valence-corrected chi connectivity index (χ0v) is 29.0. The van der Waals surface area contributed by atoms with Gasteiger partial charge in [0.2, 0.25) is 17.7 Å². The van der Waals surface area contributed by atoms with Crippen LogP contribution in [0.2, 0.25) is 0 Å². The third-order valence-corrected chi connectivity index (χ3v) is 7.53. The molecular formula is C34H41N7O12. The van der Waals surface area contributed by atoms with Gasteiger partial charge in [-0.1, -0.05) is 26.0 Å². The summed E-state index contributed by atoms with van der Waals surface area (Å²) in [5.74, 6) is -2.90. The SMILES string of the molecule is CC(C)[C@H](NC(=O)CCOCCN1C(=O)C=CC1=O)C(=O)NC(CCCNC(N)=O)C(=O)Nc1ccc(COC(=O)Oc2ccc([N+](=O)[O-])cc2)cc1. The maximum atomic E-state index is 13.4. The van der Waals surface area contributed by atoms with Crippen LogP contribution in [0.15, 0.2) is 60.7 Å². The summed E-state index contributed by atoms with van der Waals surface area (Å²) in [4.78, 5) is 97.0. The monoisotopic (exact) mass is 739 g/mol. The van der Waals surface area contributed by atoms with Gasteiger partial charge in [-0.05, 0) is 48.6 Å². The molecule has 19 heteroatoms. The molecule has 0 aliphatic carbocycles. The van der Waals surface area contributed by atoms with Crippen molar-refractivity contribution < 1.29 is 52.7 Å². The van der Waals surface area contributed by atoms with Gasteiger partial charge in [0.25, 0.3) is 17.5 Å². The Morgan fingerprint density at radius 3 is 2.17 bits per heavy atom. The molecular weight excluding hydrogens is 698 g/mol. The predicted octanol–water partition coefficient (Wildman–Crippen LogP) is 1.65. The number of rotatable bonds is 20. The van der Waals surface area contributed by atoms with Crippen LogP contribution in [0.4, 0.5) is 21.0 Å². The van der Waals surface area contributed by atoms with E-state index in [0.717, 1.165) is 17.1 Å². The normalized spacial score (nSPS) is 13.2. The maximum Gasteiger partial charge on any atom is 0.514 e. The summed E-state index contributed by atoms with van der Waals surface area (Å²) in [5.41, 5.74) is 5.85. The first kappa shape index (κ1) is 41.1. The first-order valence-electron chi connectivity index (χ1n) is 16.5. The van der Waals surface area contributed by atoms with Gasteiger partial charge in [0, 0.05) is 42.9 Å². The van der Waals surface area contributed by atoms with Crippen molar-refractivity contribution in [3.05, 3.63) is 76.4 Å². The van der Waals surface area contributed by atoms with Crippen molar-refractivity contribution in [1.82, 2.24) is 20.9 Å². The highest BCUT2D eigenvalue weighted by Gasteiger charge is 2.29. The van der Waals surface area contributed by atoms with E-state index in [1.807, 2.05) is 0 Å². The van der Waals surface area contributed by atoms with Crippen LogP contribution >= 0.6 is 0 Å². The summed E-state index contributed by atoms with van der Waals surface area (Å²) in [6.45, 7) is 3.41.